The van der Waals surface area contributed by atoms with Crippen molar-refractivity contribution in [3.05, 3.63) is 45.1 Å². The first-order chi connectivity index (χ1) is 16.1. The molecule has 2 aliphatic rings. The van der Waals surface area contributed by atoms with Crippen LogP contribution in [0.15, 0.2) is 34.2 Å². The number of hydrogen-bond acceptors (Lipinski definition) is 6. The SMILES string of the molecule is CCCn1c(SCC(=O)Nc2ccccc2N2CCCC2=O)nc2sc3c(c2c1=O)CCC3. The number of aromatic nitrogens is 2. The number of carbonyl (C=O) groups excluding carboxylic acids is 2. The third-order valence-electron chi connectivity index (χ3n) is 6.11. The first-order valence-electron chi connectivity index (χ1n) is 11.4. The molecule has 1 saturated heterocycles. The van der Waals surface area contributed by atoms with Crippen molar-refractivity contribution >= 4 is 56.5 Å². The minimum Gasteiger partial charge on any atom is -0.324 e. The summed E-state index contributed by atoms with van der Waals surface area (Å²) in [5.41, 5.74) is 2.55. The Kier molecular flexibility index (Phi) is 6.25. The van der Waals surface area contributed by atoms with Crippen LogP contribution >= 0.6 is 23.1 Å². The number of carbonyl (C=O) groups is 2. The fourth-order valence-corrected chi connectivity index (χ4v) is 6.75. The second-order valence-electron chi connectivity index (χ2n) is 8.39. The first kappa shape index (κ1) is 22.2. The Morgan fingerprint density at radius 2 is 2.03 bits per heavy atom. The highest BCUT2D eigenvalue weighted by atomic mass is 32.2. The fourth-order valence-electron chi connectivity index (χ4n) is 4.62. The van der Waals surface area contributed by atoms with Gasteiger partial charge in [-0.3, -0.25) is 19.0 Å². The van der Waals surface area contributed by atoms with Crippen molar-refractivity contribution in [2.45, 2.75) is 57.1 Å². The molecule has 172 valence electrons. The van der Waals surface area contributed by atoms with E-state index in [4.69, 9.17) is 4.98 Å². The number of thioether (sulfide) groups is 1. The van der Waals surface area contributed by atoms with Crippen LogP contribution in [-0.2, 0) is 29.0 Å². The molecule has 2 aromatic heterocycles. The number of nitrogens with one attached hydrogen (secondary N) is 1. The normalized spacial score (nSPS) is 15.4. The lowest BCUT2D eigenvalue weighted by Crippen LogP contribution is -2.26. The Bertz CT molecular complexity index is 1300. The molecular formula is C24H26N4O3S2. The predicted octanol–water partition coefficient (Wildman–Crippen LogP) is 4.21. The summed E-state index contributed by atoms with van der Waals surface area (Å²) in [6, 6.07) is 7.38. The van der Waals surface area contributed by atoms with E-state index in [0.29, 0.717) is 30.4 Å². The van der Waals surface area contributed by atoms with Crippen LogP contribution in [0.5, 0.6) is 0 Å². The van der Waals surface area contributed by atoms with Crippen molar-refractivity contribution in [1.82, 2.24) is 9.55 Å². The van der Waals surface area contributed by atoms with E-state index in [2.05, 4.69) is 5.32 Å². The van der Waals surface area contributed by atoms with Crippen LogP contribution < -0.4 is 15.8 Å². The Balaban J connectivity index is 1.36. The number of amides is 2. The molecule has 5 rings (SSSR count). The zero-order chi connectivity index (χ0) is 22.9. The molecule has 0 atom stereocenters. The van der Waals surface area contributed by atoms with Crippen LogP contribution in [0.25, 0.3) is 10.2 Å². The van der Waals surface area contributed by atoms with Gasteiger partial charge in [-0.25, -0.2) is 4.98 Å². The molecule has 0 bridgehead atoms. The fraction of sp³-hybridized carbons (Fsp3) is 0.417. The number of anilines is 2. The molecule has 1 fully saturated rings. The minimum absolute atomic E-state index is 0.0158. The molecule has 2 amide bonds. The molecule has 3 aromatic rings. The summed E-state index contributed by atoms with van der Waals surface area (Å²) in [4.78, 5) is 46.9. The van der Waals surface area contributed by atoms with Gasteiger partial charge in [-0.2, -0.15) is 0 Å². The maximum atomic E-state index is 13.3. The maximum Gasteiger partial charge on any atom is 0.263 e. The summed E-state index contributed by atoms with van der Waals surface area (Å²) in [5, 5.41) is 4.31. The van der Waals surface area contributed by atoms with Crippen LogP contribution in [0, 0.1) is 0 Å². The van der Waals surface area contributed by atoms with Gasteiger partial charge in [0.05, 0.1) is 22.5 Å². The smallest absolute Gasteiger partial charge is 0.263 e. The van der Waals surface area contributed by atoms with Gasteiger partial charge in [-0.05, 0) is 49.8 Å². The van der Waals surface area contributed by atoms with Gasteiger partial charge in [0.2, 0.25) is 11.8 Å². The van der Waals surface area contributed by atoms with Gasteiger partial charge >= 0.3 is 0 Å². The maximum absolute atomic E-state index is 13.3. The molecule has 1 aromatic carbocycles. The van der Waals surface area contributed by atoms with Crippen molar-refractivity contribution in [1.29, 1.82) is 0 Å². The molecule has 0 spiro atoms. The number of fused-ring (bicyclic) bond motifs is 3. The van der Waals surface area contributed by atoms with Gasteiger partial charge in [-0.1, -0.05) is 30.8 Å². The molecule has 33 heavy (non-hydrogen) atoms. The largest absolute Gasteiger partial charge is 0.324 e. The van der Waals surface area contributed by atoms with E-state index in [9.17, 15) is 14.4 Å². The number of rotatable bonds is 7. The van der Waals surface area contributed by atoms with Gasteiger partial charge in [0.15, 0.2) is 5.16 Å². The molecule has 0 radical (unpaired) electrons. The minimum atomic E-state index is -0.190. The number of para-hydroxylation sites is 2. The quantitative estimate of drug-likeness (QED) is 0.403. The van der Waals surface area contributed by atoms with Crippen LogP contribution in [0.4, 0.5) is 11.4 Å². The van der Waals surface area contributed by atoms with Gasteiger partial charge in [0.1, 0.15) is 4.83 Å². The Morgan fingerprint density at radius 1 is 1.18 bits per heavy atom. The Morgan fingerprint density at radius 3 is 2.82 bits per heavy atom. The number of benzene rings is 1. The van der Waals surface area contributed by atoms with Gasteiger partial charge < -0.3 is 10.2 Å². The van der Waals surface area contributed by atoms with E-state index in [-0.39, 0.29) is 23.1 Å². The van der Waals surface area contributed by atoms with Gasteiger partial charge in [0.25, 0.3) is 5.56 Å². The van der Waals surface area contributed by atoms with Crippen molar-refractivity contribution < 1.29 is 9.59 Å². The van der Waals surface area contributed by atoms with E-state index in [1.807, 2.05) is 31.2 Å². The van der Waals surface area contributed by atoms with Crippen molar-refractivity contribution in [3.63, 3.8) is 0 Å². The van der Waals surface area contributed by atoms with E-state index in [0.717, 1.165) is 48.0 Å². The summed E-state index contributed by atoms with van der Waals surface area (Å²) in [6.45, 7) is 3.28. The average Bonchev–Trinajstić information content (AvgIpc) is 3.51. The third-order valence-corrected chi connectivity index (χ3v) is 8.27. The molecule has 9 heteroatoms. The number of aryl methyl sites for hydroxylation is 2. The summed E-state index contributed by atoms with van der Waals surface area (Å²) in [5.74, 6) is 0.0230. The standard InChI is InChI=1S/C24H26N4O3S2/c1-2-12-28-23(31)21-15-7-5-10-18(15)33-22(21)26-24(28)32-14-19(29)25-16-8-3-4-9-17(16)27-13-6-11-20(27)30/h3-4,8-9H,2,5-7,10-14H2,1H3,(H,25,29). The van der Waals surface area contributed by atoms with E-state index < -0.39 is 0 Å². The topological polar surface area (TPSA) is 84.3 Å². The average molecular weight is 483 g/mol. The number of hydrogen-bond donors (Lipinski definition) is 1. The molecule has 0 saturated carbocycles. The van der Waals surface area contributed by atoms with Crippen LogP contribution in [0.2, 0.25) is 0 Å². The Labute approximate surface area is 200 Å². The van der Waals surface area contributed by atoms with Gasteiger partial charge in [0, 0.05) is 24.4 Å². The molecule has 0 unspecified atom stereocenters. The van der Waals surface area contributed by atoms with Gasteiger partial charge in [-0.15, -0.1) is 11.3 Å². The predicted molar refractivity (Wildman–Crippen MR) is 134 cm³/mol. The van der Waals surface area contributed by atoms with Crippen LogP contribution in [0.3, 0.4) is 0 Å². The first-order valence-corrected chi connectivity index (χ1v) is 13.2. The molecular weight excluding hydrogens is 456 g/mol. The summed E-state index contributed by atoms with van der Waals surface area (Å²) in [6.07, 6.45) is 5.25. The molecule has 1 N–H and O–H groups in total. The summed E-state index contributed by atoms with van der Waals surface area (Å²) >= 11 is 2.91. The highest BCUT2D eigenvalue weighted by Gasteiger charge is 2.25. The number of nitrogens with zero attached hydrogens (tertiary/aromatic N) is 3. The second-order valence-corrected chi connectivity index (χ2v) is 10.4. The highest BCUT2D eigenvalue weighted by Crippen LogP contribution is 2.36. The van der Waals surface area contributed by atoms with E-state index in [1.165, 1.54) is 22.2 Å². The third kappa shape index (κ3) is 4.19. The van der Waals surface area contributed by atoms with Crippen molar-refractivity contribution in [2.24, 2.45) is 0 Å². The second kappa shape index (κ2) is 9.30. The zero-order valence-corrected chi connectivity index (χ0v) is 20.2. The molecule has 1 aliphatic carbocycles. The van der Waals surface area contributed by atoms with E-state index >= 15 is 0 Å². The molecule has 3 heterocycles. The highest BCUT2D eigenvalue weighted by molar-refractivity contribution is 7.99. The van der Waals surface area contributed by atoms with Crippen molar-refractivity contribution in [2.75, 3.05) is 22.5 Å². The number of thiophene rings is 1. The Hall–Kier alpha value is -2.65. The molecule has 7 nitrogen and oxygen atoms in total. The van der Waals surface area contributed by atoms with Crippen LogP contribution in [0.1, 0.15) is 43.0 Å². The lowest BCUT2D eigenvalue weighted by atomic mass is 10.2. The van der Waals surface area contributed by atoms with Crippen molar-refractivity contribution in [3.8, 4) is 0 Å². The molecule has 1 aliphatic heterocycles. The zero-order valence-electron chi connectivity index (χ0n) is 18.6. The lowest BCUT2D eigenvalue weighted by Gasteiger charge is -2.20. The summed E-state index contributed by atoms with van der Waals surface area (Å²) in [7, 11) is 0. The lowest BCUT2D eigenvalue weighted by molar-refractivity contribution is -0.117. The van der Waals surface area contributed by atoms with E-state index in [1.54, 1.807) is 20.8 Å². The monoisotopic (exact) mass is 482 g/mol. The van der Waals surface area contributed by atoms with Crippen LogP contribution in [-0.4, -0.2) is 33.7 Å². The summed E-state index contributed by atoms with van der Waals surface area (Å²) < 4.78 is 1.72.